The van der Waals surface area contributed by atoms with E-state index < -0.39 is 5.54 Å². The summed E-state index contributed by atoms with van der Waals surface area (Å²) in [7, 11) is 1.51. The molecule has 0 heterocycles. The second-order valence-electron chi connectivity index (χ2n) is 6.21. The Morgan fingerprint density at radius 2 is 1.90 bits per heavy atom. The molecule has 124 valence electrons. The molecule has 1 N–H and O–H groups in total. The number of methoxy groups -OCH3 is 1. The number of carbonyl (C=O) groups is 1. The van der Waals surface area contributed by atoms with Crippen molar-refractivity contribution in [1.29, 1.82) is 0 Å². The highest BCUT2D eigenvalue weighted by atomic mass is 16.5. The van der Waals surface area contributed by atoms with Gasteiger partial charge in [0, 0.05) is 0 Å². The van der Waals surface area contributed by atoms with Crippen LogP contribution in [0.15, 0.2) is 0 Å². The van der Waals surface area contributed by atoms with Gasteiger partial charge in [0.15, 0.2) is 0 Å². The number of likely N-dealkylation sites (N-methyl/N-ethyl adjacent to an activating group) is 1. The molecule has 0 aromatic heterocycles. The predicted molar refractivity (Wildman–Crippen MR) is 87.4 cm³/mol. The van der Waals surface area contributed by atoms with E-state index in [2.05, 4.69) is 31.0 Å². The Morgan fingerprint density at radius 3 is 2.43 bits per heavy atom. The molecule has 2 unspecified atom stereocenters. The van der Waals surface area contributed by atoms with Gasteiger partial charge in [0.25, 0.3) is 0 Å². The summed E-state index contributed by atoms with van der Waals surface area (Å²) < 4.78 is 5.11. The summed E-state index contributed by atoms with van der Waals surface area (Å²) in [6.45, 7) is 10.8. The first-order valence-corrected chi connectivity index (χ1v) is 8.70. The van der Waals surface area contributed by atoms with Gasteiger partial charge in [0.2, 0.25) is 0 Å². The first kappa shape index (κ1) is 18.4. The molecule has 0 saturated heterocycles. The summed E-state index contributed by atoms with van der Waals surface area (Å²) >= 11 is 0. The molecule has 2 atom stereocenters. The number of rotatable bonds is 10. The summed E-state index contributed by atoms with van der Waals surface area (Å²) in [5.41, 5.74) is -0.437. The molecule has 0 aromatic carbocycles. The van der Waals surface area contributed by atoms with Gasteiger partial charge in [0.1, 0.15) is 5.54 Å². The van der Waals surface area contributed by atoms with Gasteiger partial charge in [-0.3, -0.25) is 4.79 Å². The van der Waals surface area contributed by atoms with Gasteiger partial charge < -0.3 is 15.0 Å². The van der Waals surface area contributed by atoms with Crippen LogP contribution < -0.4 is 5.32 Å². The van der Waals surface area contributed by atoms with E-state index in [1.165, 1.54) is 20.0 Å². The number of hydrogen-bond acceptors (Lipinski definition) is 4. The van der Waals surface area contributed by atoms with Gasteiger partial charge in [-0.15, -0.1) is 0 Å². The van der Waals surface area contributed by atoms with E-state index in [4.69, 9.17) is 4.74 Å². The van der Waals surface area contributed by atoms with Gasteiger partial charge in [0.05, 0.1) is 7.11 Å². The Bertz CT molecular complexity index is 303. The van der Waals surface area contributed by atoms with Crippen molar-refractivity contribution in [3.8, 4) is 0 Å². The van der Waals surface area contributed by atoms with Gasteiger partial charge in [-0.1, -0.05) is 27.2 Å². The van der Waals surface area contributed by atoms with Crippen LogP contribution >= 0.6 is 0 Å². The van der Waals surface area contributed by atoms with E-state index >= 15 is 0 Å². The molecule has 0 spiro atoms. The van der Waals surface area contributed by atoms with E-state index in [-0.39, 0.29) is 5.97 Å². The van der Waals surface area contributed by atoms with E-state index in [1.807, 2.05) is 0 Å². The lowest BCUT2D eigenvalue weighted by Crippen LogP contribution is -2.55. The SMILES string of the molecule is CCCN(CCC)CCC1CCCC1(NCC)C(=O)OC. The zero-order valence-electron chi connectivity index (χ0n) is 14.4. The highest BCUT2D eigenvalue weighted by Crippen LogP contribution is 2.39. The summed E-state index contributed by atoms with van der Waals surface area (Å²) in [5, 5.41) is 3.45. The minimum atomic E-state index is -0.437. The van der Waals surface area contributed by atoms with E-state index in [0.717, 1.165) is 51.9 Å². The summed E-state index contributed by atoms with van der Waals surface area (Å²) in [6, 6.07) is 0. The molecule has 0 aromatic rings. The van der Waals surface area contributed by atoms with Crippen molar-refractivity contribution >= 4 is 5.97 Å². The number of hydrogen-bond donors (Lipinski definition) is 1. The smallest absolute Gasteiger partial charge is 0.326 e. The largest absolute Gasteiger partial charge is 0.468 e. The van der Waals surface area contributed by atoms with Crippen LogP contribution in [0, 0.1) is 5.92 Å². The highest BCUT2D eigenvalue weighted by molar-refractivity contribution is 5.81. The Morgan fingerprint density at radius 1 is 1.24 bits per heavy atom. The number of carbonyl (C=O) groups excluding carboxylic acids is 1. The molecule has 0 bridgehead atoms. The average Bonchev–Trinajstić information content (AvgIpc) is 2.89. The van der Waals surface area contributed by atoms with E-state index in [9.17, 15) is 4.79 Å². The molecule has 0 aliphatic heterocycles. The number of esters is 1. The first-order valence-electron chi connectivity index (χ1n) is 8.70. The zero-order chi connectivity index (χ0) is 15.7. The van der Waals surface area contributed by atoms with Crippen molar-refractivity contribution in [2.75, 3.05) is 33.3 Å². The van der Waals surface area contributed by atoms with Crippen LogP contribution in [0.5, 0.6) is 0 Å². The number of nitrogens with zero attached hydrogens (tertiary/aromatic N) is 1. The van der Waals surface area contributed by atoms with Crippen molar-refractivity contribution in [2.45, 2.75) is 64.8 Å². The maximum atomic E-state index is 12.3. The van der Waals surface area contributed by atoms with Gasteiger partial charge in [-0.2, -0.15) is 0 Å². The molecule has 0 radical (unpaired) electrons. The molecule has 1 fully saturated rings. The van der Waals surface area contributed by atoms with Crippen LogP contribution in [0.4, 0.5) is 0 Å². The van der Waals surface area contributed by atoms with Crippen molar-refractivity contribution < 1.29 is 9.53 Å². The second kappa shape index (κ2) is 9.42. The number of ether oxygens (including phenoxy) is 1. The monoisotopic (exact) mass is 298 g/mol. The fraction of sp³-hybridized carbons (Fsp3) is 0.941. The summed E-state index contributed by atoms with van der Waals surface area (Å²) in [4.78, 5) is 14.9. The van der Waals surface area contributed by atoms with Crippen LogP contribution in [0.3, 0.4) is 0 Å². The number of nitrogens with one attached hydrogen (secondary N) is 1. The lowest BCUT2D eigenvalue weighted by Gasteiger charge is -2.35. The Labute approximate surface area is 130 Å². The highest BCUT2D eigenvalue weighted by Gasteiger charge is 2.48. The van der Waals surface area contributed by atoms with Gasteiger partial charge in [-0.05, 0) is 64.2 Å². The lowest BCUT2D eigenvalue weighted by molar-refractivity contribution is -0.150. The minimum Gasteiger partial charge on any atom is -0.468 e. The third kappa shape index (κ3) is 4.68. The van der Waals surface area contributed by atoms with Crippen LogP contribution in [-0.4, -0.2) is 49.7 Å². The van der Waals surface area contributed by atoms with Gasteiger partial charge >= 0.3 is 5.97 Å². The molecule has 21 heavy (non-hydrogen) atoms. The van der Waals surface area contributed by atoms with E-state index in [0.29, 0.717) is 5.92 Å². The van der Waals surface area contributed by atoms with Crippen molar-refractivity contribution in [2.24, 2.45) is 5.92 Å². The topological polar surface area (TPSA) is 41.6 Å². The zero-order valence-corrected chi connectivity index (χ0v) is 14.4. The molecular weight excluding hydrogens is 264 g/mol. The fourth-order valence-electron chi connectivity index (χ4n) is 3.85. The summed E-state index contributed by atoms with van der Waals surface area (Å²) in [6.07, 6.45) is 6.64. The van der Waals surface area contributed by atoms with Crippen LogP contribution in [0.2, 0.25) is 0 Å². The molecule has 1 aliphatic carbocycles. The van der Waals surface area contributed by atoms with Crippen LogP contribution in [-0.2, 0) is 9.53 Å². The quantitative estimate of drug-likeness (QED) is 0.630. The van der Waals surface area contributed by atoms with Crippen LogP contribution in [0.25, 0.3) is 0 Å². The maximum Gasteiger partial charge on any atom is 0.326 e. The lowest BCUT2D eigenvalue weighted by atomic mass is 9.84. The minimum absolute atomic E-state index is 0.0654. The first-order chi connectivity index (χ1) is 10.1. The van der Waals surface area contributed by atoms with Crippen molar-refractivity contribution in [1.82, 2.24) is 10.2 Å². The van der Waals surface area contributed by atoms with Crippen LogP contribution in [0.1, 0.15) is 59.3 Å². The Balaban J connectivity index is 2.67. The molecular formula is C17H34N2O2. The second-order valence-corrected chi connectivity index (χ2v) is 6.21. The molecule has 4 heteroatoms. The fourth-order valence-corrected chi connectivity index (χ4v) is 3.85. The third-order valence-corrected chi connectivity index (χ3v) is 4.74. The van der Waals surface area contributed by atoms with Crippen molar-refractivity contribution in [3.05, 3.63) is 0 Å². The molecule has 4 nitrogen and oxygen atoms in total. The molecule has 0 amide bonds. The van der Waals surface area contributed by atoms with Crippen molar-refractivity contribution in [3.63, 3.8) is 0 Å². The summed E-state index contributed by atoms with van der Waals surface area (Å²) in [5.74, 6) is 0.338. The Hall–Kier alpha value is -0.610. The Kier molecular flexibility index (Phi) is 8.27. The normalized spacial score (nSPS) is 25.5. The van der Waals surface area contributed by atoms with E-state index in [1.54, 1.807) is 0 Å². The third-order valence-electron chi connectivity index (χ3n) is 4.74. The molecule has 1 aliphatic rings. The standard InChI is InChI=1S/C17H34N2O2/c1-5-12-19(13-6-2)14-10-15-9-8-11-17(15,18-7-3)16(20)21-4/h15,18H,5-14H2,1-4H3. The van der Waals surface area contributed by atoms with Gasteiger partial charge in [-0.25, -0.2) is 0 Å². The molecule has 1 saturated carbocycles. The maximum absolute atomic E-state index is 12.3. The average molecular weight is 298 g/mol. The predicted octanol–water partition coefficient (Wildman–Crippen LogP) is 2.82. The molecule has 1 rings (SSSR count).